The Balaban J connectivity index is 1.91. The molecule has 1 aliphatic heterocycles. The number of anilines is 1. The van der Waals surface area contributed by atoms with E-state index in [1.807, 2.05) is 6.92 Å². The summed E-state index contributed by atoms with van der Waals surface area (Å²) in [5, 5.41) is 15.0. The molecule has 1 fully saturated rings. The monoisotopic (exact) mass is 340 g/mol. The fraction of sp³-hybridized carbons (Fsp3) is 0.667. The van der Waals surface area contributed by atoms with Crippen LogP contribution in [0.15, 0.2) is 0 Å². The highest BCUT2D eigenvalue weighted by molar-refractivity contribution is 7.91. The summed E-state index contributed by atoms with van der Waals surface area (Å²) in [5.74, 6) is -0.0209. The Morgan fingerprint density at radius 3 is 2.79 bits per heavy atom. The maximum Gasteiger partial charge on any atom is 0.211 e. The minimum absolute atomic E-state index is 0.000679. The van der Waals surface area contributed by atoms with Gasteiger partial charge in [0, 0.05) is 0 Å². The number of rotatable bonds is 3. The van der Waals surface area contributed by atoms with Crippen molar-refractivity contribution in [1.82, 2.24) is 15.5 Å². The van der Waals surface area contributed by atoms with Gasteiger partial charge in [-0.05, 0) is 18.6 Å². The molecule has 6 nitrogen and oxygen atoms in total. The first-order chi connectivity index (χ1) is 8.89. The minimum Gasteiger partial charge on any atom is -0.357 e. The van der Waals surface area contributed by atoms with Crippen molar-refractivity contribution in [3.8, 4) is 0 Å². The van der Waals surface area contributed by atoms with E-state index >= 15 is 0 Å². The molecule has 0 aliphatic carbocycles. The quantitative estimate of drug-likeness (QED) is 0.621. The topological polar surface area (TPSA) is 84.0 Å². The van der Waals surface area contributed by atoms with Crippen LogP contribution in [0.1, 0.15) is 11.9 Å². The fourth-order valence-corrected chi connectivity index (χ4v) is 5.23. The first-order valence-corrected chi connectivity index (χ1v) is 9.12. The number of thiocarbonyl (C=S) groups is 1. The molecular formula is C9H13ClN4O2S3. The SMILES string of the molecule is CCc1nnc(NC(=S)N[C@H]2CS(=O)(=O)C[C@H]2Cl)s1. The highest BCUT2D eigenvalue weighted by Crippen LogP contribution is 2.19. The van der Waals surface area contributed by atoms with Gasteiger partial charge in [0.1, 0.15) is 5.01 Å². The molecule has 1 saturated heterocycles. The van der Waals surface area contributed by atoms with Crippen LogP contribution in [0.2, 0.25) is 0 Å². The summed E-state index contributed by atoms with van der Waals surface area (Å²) in [4.78, 5) is 0. The largest absolute Gasteiger partial charge is 0.357 e. The molecule has 19 heavy (non-hydrogen) atoms. The van der Waals surface area contributed by atoms with Crippen molar-refractivity contribution in [2.45, 2.75) is 24.8 Å². The van der Waals surface area contributed by atoms with E-state index in [2.05, 4.69) is 20.8 Å². The van der Waals surface area contributed by atoms with Gasteiger partial charge in [-0.25, -0.2) is 8.42 Å². The fourth-order valence-electron chi connectivity index (χ4n) is 1.69. The van der Waals surface area contributed by atoms with Crippen LogP contribution in [0.25, 0.3) is 0 Å². The van der Waals surface area contributed by atoms with Gasteiger partial charge in [0.05, 0.1) is 22.9 Å². The lowest BCUT2D eigenvalue weighted by Gasteiger charge is -2.16. The molecule has 2 atom stereocenters. The molecule has 1 aromatic heterocycles. The zero-order valence-corrected chi connectivity index (χ0v) is 13.3. The third kappa shape index (κ3) is 3.98. The van der Waals surface area contributed by atoms with E-state index in [1.165, 1.54) is 11.3 Å². The van der Waals surface area contributed by atoms with E-state index in [-0.39, 0.29) is 17.5 Å². The second-order valence-electron chi connectivity index (χ2n) is 4.15. The van der Waals surface area contributed by atoms with Crippen LogP contribution in [0.3, 0.4) is 0 Å². The zero-order valence-electron chi connectivity index (χ0n) is 10.1. The molecule has 1 aliphatic rings. The van der Waals surface area contributed by atoms with Crippen LogP contribution in [-0.2, 0) is 16.3 Å². The average Bonchev–Trinajstić information content (AvgIpc) is 2.83. The van der Waals surface area contributed by atoms with Gasteiger partial charge >= 0.3 is 0 Å². The van der Waals surface area contributed by atoms with Crippen molar-refractivity contribution >= 4 is 55.2 Å². The molecular weight excluding hydrogens is 328 g/mol. The number of hydrogen-bond donors (Lipinski definition) is 2. The molecule has 0 spiro atoms. The lowest BCUT2D eigenvalue weighted by molar-refractivity contribution is 0.600. The van der Waals surface area contributed by atoms with E-state index in [0.29, 0.717) is 10.2 Å². The average molecular weight is 341 g/mol. The van der Waals surface area contributed by atoms with Crippen LogP contribution < -0.4 is 10.6 Å². The van der Waals surface area contributed by atoms with E-state index < -0.39 is 15.2 Å². The maximum absolute atomic E-state index is 11.4. The minimum atomic E-state index is -3.07. The van der Waals surface area contributed by atoms with E-state index in [4.69, 9.17) is 23.8 Å². The van der Waals surface area contributed by atoms with Gasteiger partial charge in [0.2, 0.25) is 5.13 Å². The first-order valence-electron chi connectivity index (χ1n) is 5.64. The van der Waals surface area contributed by atoms with Crippen LogP contribution >= 0.6 is 35.2 Å². The number of nitrogens with one attached hydrogen (secondary N) is 2. The number of nitrogens with zero attached hydrogens (tertiary/aromatic N) is 2. The van der Waals surface area contributed by atoms with Crippen molar-refractivity contribution < 1.29 is 8.42 Å². The molecule has 0 bridgehead atoms. The van der Waals surface area contributed by atoms with Crippen molar-refractivity contribution in [1.29, 1.82) is 0 Å². The highest BCUT2D eigenvalue weighted by Gasteiger charge is 2.36. The Bertz CT molecular complexity index is 574. The molecule has 0 aromatic carbocycles. The number of aryl methyl sites for hydroxylation is 1. The molecule has 2 rings (SSSR count). The highest BCUT2D eigenvalue weighted by atomic mass is 35.5. The predicted molar refractivity (Wildman–Crippen MR) is 80.7 cm³/mol. The van der Waals surface area contributed by atoms with Crippen LogP contribution in [0.5, 0.6) is 0 Å². The van der Waals surface area contributed by atoms with Gasteiger partial charge < -0.3 is 10.6 Å². The second kappa shape index (κ2) is 5.86. The smallest absolute Gasteiger partial charge is 0.211 e. The van der Waals surface area contributed by atoms with E-state index in [1.54, 1.807) is 0 Å². The van der Waals surface area contributed by atoms with Crippen molar-refractivity contribution in [3.63, 3.8) is 0 Å². The molecule has 0 radical (unpaired) electrons. The lowest BCUT2D eigenvalue weighted by atomic mass is 10.3. The number of alkyl halides is 1. The summed E-state index contributed by atoms with van der Waals surface area (Å²) in [7, 11) is -3.07. The van der Waals surface area contributed by atoms with Gasteiger partial charge in [-0.15, -0.1) is 21.8 Å². The van der Waals surface area contributed by atoms with Gasteiger partial charge in [-0.2, -0.15) is 0 Å². The summed E-state index contributed by atoms with van der Waals surface area (Å²) in [6.45, 7) is 1.99. The standard InChI is InChI=1S/C9H13ClN4O2S3/c1-2-7-13-14-9(18-7)12-8(17)11-6-4-19(15,16)3-5(6)10/h5-6H,2-4H2,1H3,(H2,11,12,14,17)/t5-,6+/m1/s1. The third-order valence-corrected chi connectivity index (χ3v) is 6.17. The number of halogens is 1. The van der Waals surface area contributed by atoms with Crippen molar-refractivity contribution in [2.75, 3.05) is 16.8 Å². The van der Waals surface area contributed by atoms with Crippen LogP contribution in [-0.4, -0.2) is 46.7 Å². The lowest BCUT2D eigenvalue weighted by Crippen LogP contribution is -2.42. The third-order valence-electron chi connectivity index (χ3n) is 2.59. The van der Waals surface area contributed by atoms with Gasteiger partial charge in [-0.1, -0.05) is 18.3 Å². The Hall–Kier alpha value is -0.510. The van der Waals surface area contributed by atoms with E-state index in [9.17, 15) is 8.42 Å². The van der Waals surface area contributed by atoms with Crippen LogP contribution in [0, 0.1) is 0 Å². The molecule has 1 aromatic rings. The Morgan fingerprint density at radius 2 is 2.26 bits per heavy atom. The molecule has 2 N–H and O–H groups in total. The summed E-state index contributed by atoms with van der Waals surface area (Å²) in [6, 6.07) is -0.370. The Morgan fingerprint density at radius 1 is 1.53 bits per heavy atom. The summed E-state index contributed by atoms with van der Waals surface area (Å²) in [6.07, 6.45) is 0.810. The molecule has 0 unspecified atom stereocenters. The Kier molecular flexibility index (Phi) is 4.59. The molecule has 10 heteroatoms. The van der Waals surface area contributed by atoms with Crippen molar-refractivity contribution in [2.24, 2.45) is 0 Å². The summed E-state index contributed by atoms with van der Waals surface area (Å²) < 4.78 is 22.8. The van der Waals surface area contributed by atoms with E-state index in [0.717, 1.165) is 11.4 Å². The number of aromatic nitrogens is 2. The number of hydrogen-bond acceptors (Lipinski definition) is 6. The van der Waals surface area contributed by atoms with Crippen molar-refractivity contribution in [3.05, 3.63) is 5.01 Å². The normalized spacial score (nSPS) is 25.2. The zero-order chi connectivity index (χ0) is 14.0. The first kappa shape index (κ1) is 14.9. The Labute approximate surface area is 125 Å². The second-order valence-corrected chi connectivity index (χ2v) is 8.34. The molecule has 0 saturated carbocycles. The van der Waals surface area contributed by atoms with Gasteiger partial charge in [0.15, 0.2) is 14.9 Å². The summed E-state index contributed by atoms with van der Waals surface area (Å²) in [5.41, 5.74) is 0. The van der Waals surface area contributed by atoms with Gasteiger partial charge in [0.25, 0.3) is 0 Å². The van der Waals surface area contributed by atoms with Crippen LogP contribution in [0.4, 0.5) is 5.13 Å². The molecule has 2 heterocycles. The molecule has 0 amide bonds. The molecule has 106 valence electrons. The number of sulfone groups is 1. The maximum atomic E-state index is 11.4. The predicted octanol–water partition coefficient (Wildman–Crippen LogP) is 0.791. The van der Waals surface area contributed by atoms with Gasteiger partial charge in [-0.3, -0.25) is 0 Å². The summed E-state index contributed by atoms with van der Waals surface area (Å²) >= 11 is 12.5.